The molecule has 0 fully saturated rings. The van der Waals surface area contributed by atoms with Crippen LogP contribution in [0.15, 0.2) is 35.7 Å². The van der Waals surface area contributed by atoms with Crippen LogP contribution in [0.5, 0.6) is 0 Å². The highest BCUT2D eigenvalue weighted by atomic mass is 32.1. The molecule has 3 aromatic rings. The van der Waals surface area contributed by atoms with Crippen LogP contribution in [0.4, 0.5) is 0 Å². The van der Waals surface area contributed by atoms with Gasteiger partial charge in [0.1, 0.15) is 9.88 Å². The highest BCUT2D eigenvalue weighted by molar-refractivity contribution is 7.17. The number of hydrogen-bond donors (Lipinski definition) is 0. The highest BCUT2D eigenvalue weighted by Gasteiger charge is 2.20. The first kappa shape index (κ1) is 16.9. The molecule has 2 heterocycles. The van der Waals surface area contributed by atoms with Crippen LogP contribution >= 0.6 is 22.7 Å². The Hall–Kier alpha value is -1.98. The van der Waals surface area contributed by atoms with Gasteiger partial charge in [-0.25, -0.2) is 4.98 Å². The summed E-state index contributed by atoms with van der Waals surface area (Å²) in [5.41, 5.74) is 4.33. The number of carbonyl (C=O) groups is 1. The largest absolute Gasteiger partial charge is 0.336 e. The summed E-state index contributed by atoms with van der Waals surface area (Å²) in [7, 11) is 1.85. The molecule has 0 saturated heterocycles. The zero-order valence-corrected chi connectivity index (χ0v) is 15.9. The molecule has 2 aromatic heterocycles. The first-order chi connectivity index (χ1) is 11.5. The quantitative estimate of drug-likeness (QED) is 0.654. The van der Waals surface area contributed by atoms with Crippen molar-refractivity contribution in [3.63, 3.8) is 0 Å². The van der Waals surface area contributed by atoms with E-state index in [1.54, 1.807) is 16.2 Å². The Morgan fingerprint density at radius 3 is 2.67 bits per heavy atom. The van der Waals surface area contributed by atoms with Gasteiger partial charge in [-0.2, -0.15) is 0 Å². The molecule has 5 heteroatoms. The van der Waals surface area contributed by atoms with Crippen molar-refractivity contribution in [3.05, 3.63) is 62.3 Å². The summed E-state index contributed by atoms with van der Waals surface area (Å²) >= 11 is 3.15. The fourth-order valence-electron chi connectivity index (χ4n) is 2.65. The monoisotopic (exact) mass is 356 g/mol. The summed E-state index contributed by atoms with van der Waals surface area (Å²) < 4.78 is 0. The smallest absolute Gasteiger partial charge is 0.265 e. The summed E-state index contributed by atoms with van der Waals surface area (Å²) in [6.07, 6.45) is 0. The second-order valence-electron chi connectivity index (χ2n) is 5.99. The van der Waals surface area contributed by atoms with Crippen molar-refractivity contribution in [3.8, 4) is 10.6 Å². The van der Waals surface area contributed by atoms with Crippen molar-refractivity contribution >= 4 is 28.6 Å². The molecule has 0 spiro atoms. The van der Waals surface area contributed by atoms with Crippen molar-refractivity contribution < 1.29 is 4.79 Å². The fourth-order valence-corrected chi connectivity index (χ4v) is 4.55. The van der Waals surface area contributed by atoms with Crippen molar-refractivity contribution in [2.45, 2.75) is 27.3 Å². The predicted octanol–water partition coefficient (Wildman–Crippen LogP) is 5.07. The van der Waals surface area contributed by atoms with E-state index in [4.69, 9.17) is 0 Å². The summed E-state index contributed by atoms with van der Waals surface area (Å²) in [4.78, 5) is 21.1. The molecule has 3 nitrogen and oxygen atoms in total. The maximum absolute atomic E-state index is 12.8. The molecule has 0 aliphatic carbocycles. The molecule has 1 amide bonds. The van der Waals surface area contributed by atoms with Crippen molar-refractivity contribution in [2.75, 3.05) is 7.05 Å². The second-order valence-corrected chi connectivity index (χ2v) is 8.02. The second kappa shape index (κ2) is 6.87. The zero-order valence-electron chi connectivity index (χ0n) is 14.3. The van der Waals surface area contributed by atoms with Crippen molar-refractivity contribution in [1.29, 1.82) is 0 Å². The molecule has 0 unspecified atom stereocenters. The van der Waals surface area contributed by atoms with E-state index in [0.717, 1.165) is 21.1 Å². The number of hydrogen-bond acceptors (Lipinski definition) is 4. The van der Waals surface area contributed by atoms with Crippen molar-refractivity contribution in [2.24, 2.45) is 0 Å². The Balaban J connectivity index is 1.86. The molecule has 0 aliphatic rings. The average molecular weight is 357 g/mol. The minimum Gasteiger partial charge on any atom is -0.336 e. The van der Waals surface area contributed by atoms with Crippen LogP contribution in [-0.4, -0.2) is 22.8 Å². The highest BCUT2D eigenvalue weighted by Crippen LogP contribution is 2.31. The maximum atomic E-state index is 12.8. The van der Waals surface area contributed by atoms with Crippen molar-refractivity contribution in [1.82, 2.24) is 9.88 Å². The molecule has 0 aliphatic heterocycles. The molecule has 0 saturated carbocycles. The van der Waals surface area contributed by atoms with Gasteiger partial charge in [0.15, 0.2) is 0 Å². The number of rotatable bonds is 4. The van der Waals surface area contributed by atoms with Crippen LogP contribution in [0, 0.1) is 20.8 Å². The van der Waals surface area contributed by atoms with E-state index in [2.05, 4.69) is 43.1 Å². The van der Waals surface area contributed by atoms with Gasteiger partial charge in [-0.3, -0.25) is 4.79 Å². The Bertz CT molecular complexity index is 866. The van der Waals surface area contributed by atoms with Gasteiger partial charge in [0.05, 0.1) is 12.2 Å². The third-order valence-electron chi connectivity index (χ3n) is 3.92. The Morgan fingerprint density at radius 2 is 2.00 bits per heavy atom. The van der Waals surface area contributed by atoms with Gasteiger partial charge < -0.3 is 4.90 Å². The number of thiophene rings is 1. The van der Waals surface area contributed by atoms with Crippen LogP contribution in [0.2, 0.25) is 0 Å². The van der Waals surface area contributed by atoms with Gasteiger partial charge in [-0.05, 0) is 37.8 Å². The first-order valence-corrected chi connectivity index (χ1v) is 9.48. The predicted molar refractivity (Wildman–Crippen MR) is 102 cm³/mol. The molecule has 0 N–H and O–H groups in total. The molecule has 0 bridgehead atoms. The Morgan fingerprint density at radius 1 is 1.21 bits per heavy atom. The van der Waals surface area contributed by atoms with Gasteiger partial charge in [0, 0.05) is 17.5 Å². The van der Waals surface area contributed by atoms with Gasteiger partial charge in [-0.1, -0.05) is 29.8 Å². The summed E-state index contributed by atoms with van der Waals surface area (Å²) in [6.45, 7) is 6.71. The Kier molecular flexibility index (Phi) is 4.83. The van der Waals surface area contributed by atoms with E-state index in [1.165, 1.54) is 27.3 Å². The molecular weight excluding hydrogens is 336 g/mol. The maximum Gasteiger partial charge on any atom is 0.265 e. The van der Waals surface area contributed by atoms with E-state index in [9.17, 15) is 4.79 Å². The van der Waals surface area contributed by atoms with E-state index in [-0.39, 0.29) is 5.91 Å². The Labute approximate surface area is 150 Å². The summed E-state index contributed by atoms with van der Waals surface area (Å²) in [5, 5.41) is 2.95. The number of thiazole rings is 1. The number of nitrogens with zero attached hydrogens (tertiary/aromatic N) is 2. The van der Waals surface area contributed by atoms with Crippen LogP contribution in [0.3, 0.4) is 0 Å². The van der Waals surface area contributed by atoms with Gasteiger partial charge >= 0.3 is 0 Å². The lowest BCUT2D eigenvalue weighted by molar-refractivity contribution is 0.0790. The van der Waals surface area contributed by atoms with E-state index in [0.29, 0.717) is 6.54 Å². The first-order valence-electron chi connectivity index (χ1n) is 7.78. The normalized spacial score (nSPS) is 10.8. The summed E-state index contributed by atoms with van der Waals surface area (Å²) in [6, 6.07) is 10.4. The lowest BCUT2D eigenvalue weighted by Crippen LogP contribution is -2.25. The van der Waals surface area contributed by atoms with Gasteiger partial charge in [0.25, 0.3) is 5.91 Å². The van der Waals surface area contributed by atoms with Crippen LogP contribution in [0.25, 0.3) is 10.6 Å². The standard InChI is InChI=1S/C19H20N2OS2/c1-12-7-8-16(13(2)10-12)18-20-14(3)17(24-18)19(22)21(4)11-15-6-5-9-23-15/h5-10H,11H2,1-4H3. The van der Waals surface area contributed by atoms with Crippen LogP contribution in [-0.2, 0) is 6.54 Å². The van der Waals surface area contributed by atoms with E-state index < -0.39 is 0 Å². The summed E-state index contributed by atoms with van der Waals surface area (Å²) in [5.74, 6) is 0.0365. The number of benzene rings is 1. The molecule has 3 rings (SSSR count). The number of amides is 1. The van der Waals surface area contributed by atoms with Gasteiger partial charge in [-0.15, -0.1) is 22.7 Å². The van der Waals surface area contributed by atoms with Gasteiger partial charge in [0.2, 0.25) is 0 Å². The number of aromatic nitrogens is 1. The lowest BCUT2D eigenvalue weighted by Gasteiger charge is -2.15. The minimum atomic E-state index is 0.0365. The van der Waals surface area contributed by atoms with E-state index in [1.807, 2.05) is 25.4 Å². The molecule has 124 valence electrons. The third-order valence-corrected chi connectivity index (χ3v) is 5.96. The molecule has 24 heavy (non-hydrogen) atoms. The molecular formula is C19H20N2OS2. The molecule has 0 radical (unpaired) electrons. The zero-order chi connectivity index (χ0) is 17.3. The SMILES string of the molecule is Cc1ccc(-c2nc(C)c(C(=O)N(C)Cc3cccs3)s2)c(C)c1. The average Bonchev–Trinajstić information content (AvgIpc) is 3.16. The third kappa shape index (κ3) is 3.42. The number of aryl methyl sites for hydroxylation is 3. The minimum absolute atomic E-state index is 0.0365. The van der Waals surface area contributed by atoms with Crippen LogP contribution < -0.4 is 0 Å². The number of carbonyl (C=O) groups excluding carboxylic acids is 1. The van der Waals surface area contributed by atoms with Crippen LogP contribution in [0.1, 0.15) is 31.4 Å². The van der Waals surface area contributed by atoms with E-state index >= 15 is 0 Å². The molecule has 1 aromatic carbocycles. The lowest BCUT2D eigenvalue weighted by atomic mass is 10.1. The fraction of sp³-hybridized carbons (Fsp3) is 0.263. The topological polar surface area (TPSA) is 33.2 Å². The molecule has 0 atom stereocenters.